The lowest BCUT2D eigenvalue weighted by Crippen LogP contribution is -2.44. The molecule has 1 aliphatic rings. The molecule has 1 aliphatic heterocycles. The fourth-order valence-corrected chi connectivity index (χ4v) is 4.89. The van der Waals surface area contributed by atoms with Crippen molar-refractivity contribution in [1.82, 2.24) is 5.32 Å². The van der Waals surface area contributed by atoms with Gasteiger partial charge >= 0.3 is 0 Å². The van der Waals surface area contributed by atoms with E-state index in [1.54, 1.807) is 26.1 Å². The van der Waals surface area contributed by atoms with E-state index in [0.717, 1.165) is 6.26 Å². The highest BCUT2D eigenvalue weighted by atomic mass is 127. The highest BCUT2D eigenvalue weighted by Gasteiger charge is 2.41. The number of hydrogen-bond acceptors (Lipinski definition) is 5. The van der Waals surface area contributed by atoms with E-state index in [4.69, 9.17) is 11.5 Å². The van der Waals surface area contributed by atoms with Crippen LogP contribution in [0.2, 0.25) is 0 Å². The number of carbonyl (C=O) groups is 1. The molecule has 1 aromatic rings. The third-order valence-corrected chi connectivity index (χ3v) is 5.63. The van der Waals surface area contributed by atoms with Gasteiger partial charge in [0, 0.05) is 23.6 Å². The second-order valence-electron chi connectivity index (χ2n) is 6.26. The quantitative estimate of drug-likeness (QED) is 0.194. The number of aliphatic imine (C=N–C) groups is 2. The maximum absolute atomic E-state index is 12.5. The SMILES string of the molecule is Cc1c(C(=O)N=C(N)N)ccc(C2(C)N=CC(C)(I)N2)c1S(C)(=O)=O. The third-order valence-electron chi connectivity index (χ3n) is 3.82. The van der Waals surface area contributed by atoms with Crippen molar-refractivity contribution in [3.8, 4) is 0 Å². The van der Waals surface area contributed by atoms with Crippen LogP contribution in [0.4, 0.5) is 0 Å². The Labute approximate surface area is 160 Å². The topological polar surface area (TPSA) is 140 Å². The molecule has 2 rings (SSSR count). The standard InChI is InChI=1S/C15H20IN5O3S/c1-8-9(12(22)20-13(17)18)5-6-10(11(8)25(4,23)24)15(3)19-7-14(2,16)21-15/h5-7,21H,1-4H3,(H4,17,18,20,22). The van der Waals surface area contributed by atoms with Crippen LogP contribution >= 0.6 is 22.6 Å². The van der Waals surface area contributed by atoms with Crippen LogP contribution in [0, 0.1) is 6.92 Å². The third kappa shape index (κ3) is 4.01. The summed E-state index contributed by atoms with van der Waals surface area (Å²) in [6, 6.07) is 3.08. The van der Waals surface area contributed by atoms with E-state index in [0.29, 0.717) is 5.56 Å². The van der Waals surface area contributed by atoms with Gasteiger partial charge in [0.1, 0.15) is 9.21 Å². The van der Waals surface area contributed by atoms with E-state index in [2.05, 4.69) is 37.9 Å². The van der Waals surface area contributed by atoms with Gasteiger partial charge in [-0.3, -0.25) is 15.1 Å². The van der Waals surface area contributed by atoms with Gasteiger partial charge in [0.2, 0.25) is 0 Å². The lowest BCUT2D eigenvalue weighted by atomic mass is 9.96. The molecule has 0 saturated carbocycles. The molecular formula is C15H20IN5O3S. The minimum Gasteiger partial charge on any atom is -0.370 e. The molecule has 1 aromatic carbocycles. The van der Waals surface area contributed by atoms with Crippen molar-refractivity contribution < 1.29 is 13.2 Å². The second kappa shape index (κ2) is 6.32. The van der Waals surface area contributed by atoms with Crippen LogP contribution in [0.5, 0.6) is 0 Å². The van der Waals surface area contributed by atoms with E-state index in [1.165, 1.54) is 6.07 Å². The molecule has 0 saturated heterocycles. The number of halogens is 1. The Kier molecular flexibility index (Phi) is 5.01. The summed E-state index contributed by atoms with van der Waals surface area (Å²) in [4.78, 5) is 20.2. The van der Waals surface area contributed by atoms with Gasteiger partial charge in [-0.1, -0.05) is 28.7 Å². The summed E-state index contributed by atoms with van der Waals surface area (Å²) in [5.74, 6) is -1.08. The first-order chi connectivity index (χ1) is 11.3. The van der Waals surface area contributed by atoms with Crippen LogP contribution in [-0.4, -0.2) is 36.3 Å². The summed E-state index contributed by atoms with van der Waals surface area (Å²) in [5, 5.41) is 3.29. The molecule has 25 heavy (non-hydrogen) atoms. The largest absolute Gasteiger partial charge is 0.370 e. The van der Waals surface area contributed by atoms with Gasteiger partial charge in [0.15, 0.2) is 15.8 Å². The molecule has 1 amide bonds. The normalized spacial score (nSPS) is 25.8. The van der Waals surface area contributed by atoms with Gasteiger partial charge in [-0.2, -0.15) is 4.99 Å². The number of nitrogens with one attached hydrogen (secondary N) is 1. The number of hydrogen-bond donors (Lipinski definition) is 3. The Balaban J connectivity index is 2.73. The number of amides is 1. The fraction of sp³-hybridized carbons (Fsp3) is 0.400. The van der Waals surface area contributed by atoms with Crippen LogP contribution in [0.25, 0.3) is 0 Å². The number of alkyl halides is 1. The Morgan fingerprint density at radius 1 is 1.32 bits per heavy atom. The van der Waals surface area contributed by atoms with E-state index >= 15 is 0 Å². The molecule has 0 spiro atoms. The molecule has 0 aliphatic carbocycles. The summed E-state index contributed by atoms with van der Waals surface area (Å²) in [6.07, 6.45) is 2.83. The van der Waals surface area contributed by atoms with Crippen molar-refractivity contribution in [3.05, 3.63) is 28.8 Å². The zero-order valence-corrected chi connectivity index (χ0v) is 17.3. The molecule has 0 aromatic heterocycles. The summed E-state index contributed by atoms with van der Waals surface area (Å²) in [6.45, 7) is 5.26. The van der Waals surface area contributed by atoms with E-state index in [9.17, 15) is 13.2 Å². The lowest BCUT2D eigenvalue weighted by Gasteiger charge is -2.29. The molecule has 5 N–H and O–H groups in total. The maximum atomic E-state index is 12.5. The van der Waals surface area contributed by atoms with Crippen molar-refractivity contribution in [1.29, 1.82) is 0 Å². The molecule has 2 atom stereocenters. The zero-order valence-electron chi connectivity index (χ0n) is 14.3. The summed E-state index contributed by atoms with van der Waals surface area (Å²) in [5.41, 5.74) is 10.4. The first kappa shape index (κ1) is 19.8. The molecular weight excluding hydrogens is 457 g/mol. The molecule has 1 heterocycles. The van der Waals surface area contributed by atoms with Gasteiger partial charge in [0.05, 0.1) is 4.90 Å². The van der Waals surface area contributed by atoms with Gasteiger partial charge in [0.25, 0.3) is 5.91 Å². The number of carbonyl (C=O) groups excluding carboxylic acids is 1. The van der Waals surface area contributed by atoms with Crippen LogP contribution in [0.1, 0.15) is 35.3 Å². The smallest absolute Gasteiger partial charge is 0.280 e. The van der Waals surface area contributed by atoms with Crippen molar-refractivity contribution in [3.63, 3.8) is 0 Å². The maximum Gasteiger partial charge on any atom is 0.280 e. The molecule has 8 nitrogen and oxygen atoms in total. The molecule has 10 heteroatoms. The average molecular weight is 477 g/mol. The summed E-state index contributed by atoms with van der Waals surface area (Å²) in [7, 11) is -3.64. The molecule has 0 bridgehead atoms. The molecule has 0 radical (unpaired) electrons. The fourth-order valence-electron chi connectivity index (χ4n) is 2.89. The average Bonchev–Trinajstić information content (AvgIpc) is 2.71. The Bertz CT molecular complexity index is 904. The first-order valence-electron chi connectivity index (χ1n) is 7.29. The predicted molar refractivity (Wildman–Crippen MR) is 106 cm³/mol. The van der Waals surface area contributed by atoms with E-state index in [1.807, 2.05) is 6.92 Å². The Morgan fingerprint density at radius 3 is 2.36 bits per heavy atom. The predicted octanol–water partition coefficient (Wildman–Crippen LogP) is 0.810. The number of nitrogens with two attached hydrogens (primary N) is 2. The van der Waals surface area contributed by atoms with Gasteiger partial charge in [-0.05, 0) is 32.4 Å². The highest BCUT2D eigenvalue weighted by Crippen LogP contribution is 2.38. The second-order valence-corrected chi connectivity index (χ2v) is 10.5. The zero-order chi connectivity index (χ0) is 19.2. The van der Waals surface area contributed by atoms with Gasteiger partial charge in [-0.15, -0.1) is 0 Å². The first-order valence-corrected chi connectivity index (χ1v) is 10.3. The molecule has 0 fully saturated rings. The van der Waals surface area contributed by atoms with Crippen molar-refractivity contribution in [2.75, 3.05) is 6.26 Å². The summed E-state index contributed by atoms with van der Waals surface area (Å²) >= 11 is 2.18. The minimum atomic E-state index is -3.64. The molecule has 136 valence electrons. The number of nitrogens with zero attached hydrogens (tertiary/aromatic N) is 2. The van der Waals surface area contributed by atoms with Crippen LogP contribution in [0.15, 0.2) is 27.0 Å². The highest BCUT2D eigenvalue weighted by molar-refractivity contribution is 14.1. The lowest BCUT2D eigenvalue weighted by molar-refractivity contribution is 0.100. The van der Waals surface area contributed by atoms with E-state index in [-0.39, 0.29) is 22.0 Å². The van der Waals surface area contributed by atoms with Crippen molar-refractivity contribution in [2.45, 2.75) is 34.9 Å². The van der Waals surface area contributed by atoms with Crippen LogP contribution < -0.4 is 16.8 Å². The Hall–Kier alpha value is -1.53. The number of benzene rings is 1. The van der Waals surface area contributed by atoms with E-state index < -0.39 is 25.0 Å². The monoisotopic (exact) mass is 477 g/mol. The number of guanidine groups is 1. The van der Waals surface area contributed by atoms with Crippen LogP contribution in [-0.2, 0) is 15.5 Å². The van der Waals surface area contributed by atoms with Gasteiger partial charge < -0.3 is 11.5 Å². The minimum absolute atomic E-state index is 0.0467. The Morgan fingerprint density at radius 2 is 1.92 bits per heavy atom. The summed E-state index contributed by atoms with van der Waals surface area (Å²) < 4.78 is 24.5. The van der Waals surface area contributed by atoms with Gasteiger partial charge in [-0.25, -0.2) is 8.42 Å². The van der Waals surface area contributed by atoms with Crippen molar-refractivity contribution in [2.24, 2.45) is 21.5 Å². The molecule has 2 unspecified atom stereocenters. The number of sulfone groups is 1. The van der Waals surface area contributed by atoms with Crippen LogP contribution in [0.3, 0.4) is 0 Å². The van der Waals surface area contributed by atoms with Crippen molar-refractivity contribution >= 4 is 50.5 Å². The number of rotatable bonds is 3.